The van der Waals surface area contributed by atoms with Gasteiger partial charge in [-0.1, -0.05) is 51.1 Å². The van der Waals surface area contributed by atoms with Gasteiger partial charge in [0.05, 0.1) is 12.6 Å². The SMILES string of the molecule is CC(NC=O)c1ccccc1.CNCC(=O)N[C@H](C(=O)N1CCCC1)C(C)(C)C. The smallest absolute Gasteiger partial charge is 0.245 e. The van der Waals surface area contributed by atoms with Gasteiger partial charge < -0.3 is 20.9 Å². The zero-order valence-electron chi connectivity index (χ0n) is 18.3. The molecule has 2 rings (SSSR count). The average molecular weight is 405 g/mol. The Kier molecular flexibility index (Phi) is 10.4. The number of nitrogens with one attached hydrogen (secondary N) is 3. The maximum absolute atomic E-state index is 12.4. The zero-order chi connectivity index (χ0) is 21.9. The average Bonchev–Trinajstić information content (AvgIpc) is 3.21. The highest BCUT2D eigenvalue weighted by Crippen LogP contribution is 2.22. The molecule has 0 aromatic heterocycles. The Morgan fingerprint density at radius 1 is 1.14 bits per heavy atom. The third-order valence-electron chi connectivity index (χ3n) is 4.79. The number of carbonyl (C=O) groups is 3. The van der Waals surface area contributed by atoms with E-state index >= 15 is 0 Å². The van der Waals surface area contributed by atoms with E-state index in [1.165, 1.54) is 0 Å². The second kappa shape index (κ2) is 12.2. The van der Waals surface area contributed by atoms with Gasteiger partial charge in [-0.25, -0.2) is 0 Å². The van der Waals surface area contributed by atoms with E-state index in [-0.39, 0.29) is 29.8 Å². The van der Waals surface area contributed by atoms with E-state index in [2.05, 4.69) is 16.0 Å². The second-order valence-electron chi connectivity index (χ2n) is 8.35. The standard InChI is InChI=1S/C13H25N3O2.C9H11NO/c1-13(2,3)11(15-10(17)9-14-4)12(18)16-7-5-6-8-16;1-8(10-7-11)9-5-3-2-4-6-9/h11,14H,5-9H2,1-4H3,(H,15,17);2-8H,1H3,(H,10,11)/t11-;/m1./s1. The number of likely N-dealkylation sites (tertiary alicyclic amines) is 1. The van der Waals surface area contributed by atoms with Crippen LogP contribution in [0.15, 0.2) is 30.3 Å². The van der Waals surface area contributed by atoms with Crippen LogP contribution in [0.1, 0.15) is 52.1 Å². The molecule has 1 aliphatic heterocycles. The maximum Gasteiger partial charge on any atom is 0.245 e. The molecule has 1 fully saturated rings. The first kappa shape index (κ1) is 24.6. The molecule has 162 valence electrons. The van der Waals surface area contributed by atoms with E-state index in [4.69, 9.17) is 0 Å². The highest BCUT2D eigenvalue weighted by Gasteiger charge is 2.36. The normalized spacial score (nSPS) is 15.6. The van der Waals surface area contributed by atoms with Crippen molar-refractivity contribution in [2.75, 3.05) is 26.7 Å². The molecule has 3 amide bonds. The van der Waals surface area contributed by atoms with Crippen LogP contribution in [0.4, 0.5) is 0 Å². The number of hydrogen-bond donors (Lipinski definition) is 3. The summed E-state index contributed by atoms with van der Waals surface area (Å²) in [4.78, 5) is 36.0. The lowest BCUT2D eigenvalue weighted by atomic mass is 9.85. The van der Waals surface area contributed by atoms with Crippen LogP contribution in [0.3, 0.4) is 0 Å². The van der Waals surface area contributed by atoms with Gasteiger partial charge in [-0.2, -0.15) is 0 Å². The molecule has 1 heterocycles. The molecule has 7 heteroatoms. The molecule has 0 spiro atoms. The van der Waals surface area contributed by atoms with Crippen LogP contribution < -0.4 is 16.0 Å². The number of benzene rings is 1. The van der Waals surface area contributed by atoms with E-state index in [1.54, 1.807) is 7.05 Å². The first-order valence-electron chi connectivity index (χ1n) is 10.2. The van der Waals surface area contributed by atoms with Crippen molar-refractivity contribution >= 4 is 18.2 Å². The summed E-state index contributed by atoms with van der Waals surface area (Å²) in [5.41, 5.74) is 0.850. The first-order valence-corrected chi connectivity index (χ1v) is 10.2. The first-order chi connectivity index (χ1) is 13.7. The molecule has 1 saturated heterocycles. The predicted molar refractivity (Wildman–Crippen MR) is 115 cm³/mol. The molecule has 1 unspecified atom stereocenters. The van der Waals surface area contributed by atoms with Crippen molar-refractivity contribution in [3.05, 3.63) is 35.9 Å². The van der Waals surface area contributed by atoms with E-state index in [1.807, 2.05) is 62.9 Å². The molecule has 0 bridgehead atoms. The third kappa shape index (κ3) is 8.64. The van der Waals surface area contributed by atoms with Crippen LogP contribution in [0.5, 0.6) is 0 Å². The van der Waals surface area contributed by atoms with Crippen LogP contribution in [0.2, 0.25) is 0 Å². The lowest BCUT2D eigenvalue weighted by Gasteiger charge is -2.33. The van der Waals surface area contributed by atoms with Crippen molar-refractivity contribution in [2.45, 2.75) is 52.6 Å². The summed E-state index contributed by atoms with van der Waals surface area (Å²) in [7, 11) is 1.72. The minimum atomic E-state index is -0.448. The molecule has 1 aromatic carbocycles. The van der Waals surface area contributed by atoms with Gasteiger partial charge in [0.1, 0.15) is 6.04 Å². The van der Waals surface area contributed by atoms with Crippen molar-refractivity contribution in [3.63, 3.8) is 0 Å². The Morgan fingerprint density at radius 2 is 1.72 bits per heavy atom. The lowest BCUT2D eigenvalue weighted by molar-refractivity contribution is -0.138. The van der Waals surface area contributed by atoms with Gasteiger partial charge in [0.15, 0.2) is 0 Å². The van der Waals surface area contributed by atoms with Crippen LogP contribution >= 0.6 is 0 Å². The Morgan fingerprint density at radius 3 is 2.21 bits per heavy atom. The molecule has 7 nitrogen and oxygen atoms in total. The molecule has 0 aliphatic carbocycles. The van der Waals surface area contributed by atoms with Crippen LogP contribution in [0.25, 0.3) is 0 Å². The Bertz CT molecular complexity index is 637. The number of carbonyl (C=O) groups excluding carboxylic acids is 3. The van der Waals surface area contributed by atoms with Crippen molar-refractivity contribution in [1.82, 2.24) is 20.9 Å². The molecule has 0 saturated carbocycles. The molecule has 29 heavy (non-hydrogen) atoms. The number of likely N-dealkylation sites (N-methyl/N-ethyl adjacent to an activating group) is 1. The largest absolute Gasteiger partial charge is 0.352 e. The predicted octanol–water partition coefficient (Wildman–Crippen LogP) is 1.85. The van der Waals surface area contributed by atoms with Gasteiger partial charge in [-0.3, -0.25) is 14.4 Å². The van der Waals surface area contributed by atoms with Gasteiger partial charge in [0.25, 0.3) is 0 Å². The number of rotatable bonds is 7. The fourth-order valence-electron chi connectivity index (χ4n) is 3.08. The summed E-state index contributed by atoms with van der Waals surface area (Å²) in [5, 5.41) is 8.32. The van der Waals surface area contributed by atoms with E-state index in [9.17, 15) is 14.4 Å². The van der Waals surface area contributed by atoms with Crippen LogP contribution in [-0.2, 0) is 14.4 Å². The maximum atomic E-state index is 12.4. The molecular weight excluding hydrogens is 368 g/mol. The summed E-state index contributed by atoms with van der Waals surface area (Å²) in [5.74, 6) is -0.0885. The zero-order valence-corrected chi connectivity index (χ0v) is 18.3. The molecular formula is C22H36N4O3. The quantitative estimate of drug-likeness (QED) is 0.605. The van der Waals surface area contributed by atoms with E-state index < -0.39 is 6.04 Å². The highest BCUT2D eigenvalue weighted by molar-refractivity contribution is 5.89. The Hall–Kier alpha value is -2.41. The number of amides is 3. The molecule has 2 atom stereocenters. The lowest BCUT2D eigenvalue weighted by Crippen LogP contribution is -2.55. The fourth-order valence-corrected chi connectivity index (χ4v) is 3.08. The third-order valence-corrected chi connectivity index (χ3v) is 4.79. The fraction of sp³-hybridized carbons (Fsp3) is 0.591. The van der Waals surface area contributed by atoms with Crippen molar-refractivity contribution in [3.8, 4) is 0 Å². The molecule has 3 N–H and O–H groups in total. The molecule has 0 radical (unpaired) electrons. The van der Waals surface area contributed by atoms with Crippen LogP contribution in [-0.4, -0.2) is 55.8 Å². The summed E-state index contributed by atoms with van der Waals surface area (Å²) in [6.45, 7) is 9.74. The summed E-state index contributed by atoms with van der Waals surface area (Å²) >= 11 is 0. The molecule has 1 aromatic rings. The molecule has 1 aliphatic rings. The van der Waals surface area contributed by atoms with Crippen LogP contribution in [0, 0.1) is 5.41 Å². The van der Waals surface area contributed by atoms with Gasteiger partial charge in [0.2, 0.25) is 18.2 Å². The Balaban J connectivity index is 0.000000326. The van der Waals surface area contributed by atoms with Crippen molar-refractivity contribution < 1.29 is 14.4 Å². The highest BCUT2D eigenvalue weighted by atomic mass is 16.2. The summed E-state index contributed by atoms with van der Waals surface area (Å²) in [6, 6.07) is 9.50. The minimum absolute atomic E-state index is 0.0458. The van der Waals surface area contributed by atoms with Gasteiger partial charge in [-0.05, 0) is 37.8 Å². The monoisotopic (exact) mass is 404 g/mol. The summed E-state index contributed by atoms with van der Waals surface area (Å²) in [6.07, 6.45) is 2.85. The van der Waals surface area contributed by atoms with Gasteiger partial charge in [0, 0.05) is 13.1 Å². The minimum Gasteiger partial charge on any atom is -0.352 e. The second-order valence-corrected chi connectivity index (χ2v) is 8.35. The topological polar surface area (TPSA) is 90.5 Å². The Labute approximate surface area is 174 Å². The van der Waals surface area contributed by atoms with E-state index in [0.29, 0.717) is 0 Å². The van der Waals surface area contributed by atoms with Crippen molar-refractivity contribution in [2.24, 2.45) is 5.41 Å². The number of nitrogens with zero attached hydrogens (tertiary/aromatic N) is 1. The van der Waals surface area contributed by atoms with Gasteiger partial charge in [-0.15, -0.1) is 0 Å². The van der Waals surface area contributed by atoms with Crippen molar-refractivity contribution in [1.29, 1.82) is 0 Å². The summed E-state index contributed by atoms with van der Waals surface area (Å²) < 4.78 is 0. The van der Waals surface area contributed by atoms with E-state index in [0.717, 1.165) is 37.9 Å². The number of hydrogen-bond acceptors (Lipinski definition) is 4. The van der Waals surface area contributed by atoms with Gasteiger partial charge >= 0.3 is 0 Å².